The first kappa shape index (κ1) is 46.7. The van der Waals surface area contributed by atoms with Crippen molar-refractivity contribution in [2.45, 2.75) is 155 Å². The van der Waals surface area contributed by atoms with Crippen LogP contribution in [-0.2, 0) is 27.9 Å². The van der Waals surface area contributed by atoms with Gasteiger partial charge in [-0.2, -0.15) is 0 Å². The maximum absolute atomic E-state index is 12.3. The van der Waals surface area contributed by atoms with Crippen LogP contribution in [0.15, 0.2) is 36.5 Å². The third kappa shape index (κ3) is 36.0. The summed E-state index contributed by atoms with van der Waals surface area (Å²) in [6, 6.07) is 0. The number of carbonyl (C=O) groups is 1. The minimum absolute atomic E-state index is 0.0232. The zero-order chi connectivity index (χ0) is 35.6. The lowest BCUT2D eigenvalue weighted by Gasteiger charge is -2.28. The molecule has 0 N–H and O–H groups in total. The highest BCUT2D eigenvalue weighted by Gasteiger charge is 2.20. The summed E-state index contributed by atoms with van der Waals surface area (Å²) in [6.07, 6.45) is 36.4. The van der Waals surface area contributed by atoms with Crippen LogP contribution in [0.3, 0.4) is 0 Å². The second-order valence-corrected chi connectivity index (χ2v) is 15.4. The van der Waals surface area contributed by atoms with E-state index in [1.807, 2.05) is 21.1 Å². The maximum Gasteiger partial charge on any atom is 0.306 e. The van der Waals surface area contributed by atoms with Crippen molar-refractivity contribution in [2.24, 2.45) is 0 Å². The number of ether oxygens (including phenoxy) is 2. The van der Waals surface area contributed by atoms with E-state index < -0.39 is 13.9 Å². The Bertz CT molecular complexity index is 869. The summed E-state index contributed by atoms with van der Waals surface area (Å²) in [5.41, 5.74) is 0. The number of phosphoric ester groups is 1. The minimum Gasteiger partial charge on any atom is -0.756 e. The predicted molar refractivity (Wildman–Crippen MR) is 199 cm³/mol. The molecule has 0 aliphatic carbocycles. The molecular formula is C39H74NO7P. The SMILES string of the molecule is CCCCCCC/C=C\C/C=C\C/C=C\CCCCCCCCCOCC(COP(=O)([O-])OCC[N+](C)(C)C)OC(=O)CCCCCC. The van der Waals surface area contributed by atoms with Gasteiger partial charge in [0.15, 0.2) is 0 Å². The Morgan fingerprint density at radius 1 is 0.646 bits per heavy atom. The number of likely N-dealkylation sites (N-methyl/N-ethyl adjacent to an activating group) is 1. The Morgan fingerprint density at radius 2 is 1.15 bits per heavy atom. The average molecular weight is 700 g/mol. The molecule has 0 aromatic heterocycles. The monoisotopic (exact) mass is 700 g/mol. The number of phosphoric acid groups is 1. The standard InChI is InChI=1S/C39H74NO7P/c1-6-8-10-12-13-14-15-16-17-18-19-20-21-22-23-24-25-26-27-28-29-31-34-44-36-38(47-39(41)32-30-11-9-7-2)37-46-48(42,43)45-35-33-40(3,4)5/h15-16,18-19,21-22,38H,6-14,17,20,23-37H2,1-5H3/b16-15-,19-18-,22-21-. The highest BCUT2D eigenvalue weighted by molar-refractivity contribution is 7.45. The largest absolute Gasteiger partial charge is 0.756 e. The van der Waals surface area contributed by atoms with E-state index in [1.54, 1.807) is 0 Å². The minimum atomic E-state index is -4.50. The van der Waals surface area contributed by atoms with E-state index in [1.165, 1.54) is 70.6 Å². The number of esters is 1. The first-order valence-electron chi connectivity index (χ1n) is 19.2. The molecule has 0 aromatic rings. The summed E-state index contributed by atoms with van der Waals surface area (Å²) in [6.45, 7) is 5.24. The van der Waals surface area contributed by atoms with Gasteiger partial charge in [-0.1, -0.05) is 127 Å². The van der Waals surface area contributed by atoms with Crippen molar-refractivity contribution in [1.29, 1.82) is 0 Å². The summed E-state index contributed by atoms with van der Waals surface area (Å²) >= 11 is 0. The van der Waals surface area contributed by atoms with Crippen LogP contribution in [0.1, 0.15) is 149 Å². The maximum atomic E-state index is 12.3. The van der Waals surface area contributed by atoms with E-state index in [2.05, 4.69) is 50.3 Å². The molecule has 0 radical (unpaired) electrons. The molecular weight excluding hydrogens is 625 g/mol. The molecule has 8 nitrogen and oxygen atoms in total. The lowest BCUT2D eigenvalue weighted by Crippen LogP contribution is -2.37. The van der Waals surface area contributed by atoms with Crippen LogP contribution in [0.25, 0.3) is 0 Å². The molecule has 0 aromatic carbocycles. The van der Waals surface area contributed by atoms with Crippen molar-refractivity contribution in [3.05, 3.63) is 36.5 Å². The van der Waals surface area contributed by atoms with Crippen LogP contribution >= 0.6 is 7.82 Å². The van der Waals surface area contributed by atoms with Crippen molar-refractivity contribution >= 4 is 13.8 Å². The number of allylic oxidation sites excluding steroid dienone is 6. The highest BCUT2D eigenvalue weighted by Crippen LogP contribution is 2.38. The molecule has 0 aliphatic heterocycles. The number of rotatable bonds is 35. The van der Waals surface area contributed by atoms with Gasteiger partial charge < -0.3 is 27.9 Å². The van der Waals surface area contributed by atoms with E-state index >= 15 is 0 Å². The van der Waals surface area contributed by atoms with Gasteiger partial charge >= 0.3 is 5.97 Å². The van der Waals surface area contributed by atoms with Crippen molar-refractivity contribution in [3.63, 3.8) is 0 Å². The van der Waals surface area contributed by atoms with Gasteiger partial charge in [0.2, 0.25) is 0 Å². The molecule has 0 saturated carbocycles. The second-order valence-electron chi connectivity index (χ2n) is 13.9. The van der Waals surface area contributed by atoms with Gasteiger partial charge in [0, 0.05) is 13.0 Å². The summed E-state index contributed by atoms with van der Waals surface area (Å²) in [5, 5.41) is 0. The number of hydrogen-bond acceptors (Lipinski definition) is 7. The molecule has 0 bridgehead atoms. The fourth-order valence-electron chi connectivity index (χ4n) is 4.90. The molecule has 0 amide bonds. The first-order valence-corrected chi connectivity index (χ1v) is 20.7. The van der Waals surface area contributed by atoms with E-state index in [0.29, 0.717) is 24.1 Å². The van der Waals surface area contributed by atoms with Gasteiger partial charge in [0.25, 0.3) is 7.82 Å². The molecule has 2 unspecified atom stereocenters. The fourth-order valence-corrected chi connectivity index (χ4v) is 5.63. The molecule has 0 fully saturated rings. The van der Waals surface area contributed by atoms with Crippen molar-refractivity contribution in [1.82, 2.24) is 0 Å². The second kappa shape index (κ2) is 32.9. The normalized spacial score (nSPS) is 14.4. The number of nitrogens with zero attached hydrogens (tertiary/aromatic N) is 1. The molecule has 0 rings (SSSR count). The van der Waals surface area contributed by atoms with Crippen molar-refractivity contribution < 1.29 is 37.3 Å². The van der Waals surface area contributed by atoms with Gasteiger partial charge in [-0.25, -0.2) is 0 Å². The van der Waals surface area contributed by atoms with Crippen LogP contribution in [0.5, 0.6) is 0 Å². The molecule has 2 atom stereocenters. The molecule has 0 aliphatic rings. The first-order chi connectivity index (χ1) is 23.1. The Morgan fingerprint density at radius 3 is 1.71 bits per heavy atom. The summed E-state index contributed by atoms with van der Waals surface area (Å²) < 4.78 is 34.1. The van der Waals surface area contributed by atoms with Gasteiger partial charge in [-0.15, -0.1) is 0 Å². The van der Waals surface area contributed by atoms with E-state index in [4.69, 9.17) is 18.5 Å². The molecule has 9 heteroatoms. The smallest absolute Gasteiger partial charge is 0.306 e. The lowest BCUT2D eigenvalue weighted by atomic mass is 10.1. The van der Waals surface area contributed by atoms with Crippen LogP contribution < -0.4 is 4.89 Å². The third-order valence-electron chi connectivity index (χ3n) is 7.94. The molecule has 282 valence electrons. The number of unbranched alkanes of at least 4 members (excludes halogenated alkanes) is 15. The number of hydrogen-bond donors (Lipinski definition) is 0. The predicted octanol–water partition coefficient (Wildman–Crippen LogP) is 10.0. The van der Waals surface area contributed by atoms with Crippen LogP contribution in [-0.4, -0.2) is 70.7 Å². The fraction of sp³-hybridized carbons (Fsp3) is 0.821. The van der Waals surface area contributed by atoms with Crippen molar-refractivity contribution in [3.8, 4) is 0 Å². The summed E-state index contributed by atoms with van der Waals surface area (Å²) in [4.78, 5) is 24.6. The zero-order valence-electron chi connectivity index (χ0n) is 31.7. The average Bonchev–Trinajstić information content (AvgIpc) is 3.03. The van der Waals surface area contributed by atoms with Gasteiger partial charge in [0.05, 0.1) is 34.4 Å². The lowest BCUT2D eigenvalue weighted by molar-refractivity contribution is -0.870. The Kier molecular flexibility index (Phi) is 32.0. The van der Waals surface area contributed by atoms with E-state index in [0.717, 1.165) is 57.8 Å². The quantitative estimate of drug-likeness (QED) is 0.0214. The summed E-state index contributed by atoms with van der Waals surface area (Å²) in [5.74, 6) is -0.357. The van der Waals surface area contributed by atoms with Crippen LogP contribution in [0, 0.1) is 0 Å². The molecule has 0 spiro atoms. The van der Waals surface area contributed by atoms with Crippen LogP contribution in [0.2, 0.25) is 0 Å². The Balaban J connectivity index is 4.02. The molecule has 0 saturated heterocycles. The number of carbonyl (C=O) groups excluding carboxylic acids is 1. The number of quaternary nitrogens is 1. The topological polar surface area (TPSA) is 94.1 Å². The Hall–Kier alpha value is -1.28. The van der Waals surface area contributed by atoms with E-state index in [9.17, 15) is 14.3 Å². The van der Waals surface area contributed by atoms with Crippen molar-refractivity contribution in [2.75, 3.05) is 54.1 Å². The van der Waals surface area contributed by atoms with Gasteiger partial charge in [-0.3, -0.25) is 9.36 Å². The van der Waals surface area contributed by atoms with Crippen LogP contribution in [0.4, 0.5) is 0 Å². The van der Waals surface area contributed by atoms with Gasteiger partial charge in [-0.05, 0) is 51.4 Å². The molecule has 0 heterocycles. The van der Waals surface area contributed by atoms with E-state index in [-0.39, 0.29) is 25.8 Å². The highest BCUT2D eigenvalue weighted by atomic mass is 31.2. The molecule has 48 heavy (non-hydrogen) atoms. The Labute approximate surface area is 295 Å². The van der Waals surface area contributed by atoms with Gasteiger partial charge in [0.1, 0.15) is 19.3 Å². The zero-order valence-corrected chi connectivity index (χ0v) is 32.6. The summed E-state index contributed by atoms with van der Waals surface area (Å²) in [7, 11) is 1.34. The third-order valence-corrected chi connectivity index (χ3v) is 8.91.